The lowest BCUT2D eigenvalue weighted by Crippen LogP contribution is -2.46. The highest BCUT2D eigenvalue weighted by molar-refractivity contribution is 7.93. The molecule has 7 heteroatoms. The van der Waals surface area contributed by atoms with Crippen molar-refractivity contribution in [2.24, 2.45) is 0 Å². The second-order valence-electron chi connectivity index (χ2n) is 4.89. The van der Waals surface area contributed by atoms with Crippen LogP contribution in [0, 0.1) is 11.3 Å². The quantitative estimate of drug-likeness (QED) is 0.865. The van der Waals surface area contributed by atoms with Gasteiger partial charge in [0.25, 0.3) is 0 Å². The van der Waals surface area contributed by atoms with Gasteiger partial charge in [-0.3, -0.25) is 0 Å². The number of alkyl halides is 1. The van der Waals surface area contributed by atoms with Crippen LogP contribution in [0.4, 0.5) is 10.1 Å². The number of fused-ring (bicyclic) bond motifs is 1. The molecule has 2 aromatic rings. The van der Waals surface area contributed by atoms with Gasteiger partial charge in [-0.05, 0) is 29.8 Å². The maximum Gasteiger partial charge on any atom is 0.322 e. The Hall–Kier alpha value is -2.10. The van der Waals surface area contributed by atoms with E-state index >= 15 is 4.39 Å². The fraction of sp³-hybridized carbons (Fsp3) is 0.133. The summed E-state index contributed by atoms with van der Waals surface area (Å²) in [7, 11) is -4.46. The Morgan fingerprint density at radius 2 is 1.82 bits per heavy atom. The molecule has 2 atom stereocenters. The van der Waals surface area contributed by atoms with Crippen LogP contribution >= 0.6 is 11.6 Å². The van der Waals surface area contributed by atoms with E-state index in [4.69, 9.17) is 11.6 Å². The molecule has 22 heavy (non-hydrogen) atoms. The maximum atomic E-state index is 15.2. The second-order valence-corrected chi connectivity index (χ2v) is 7.36. The molecule has 2 unspecified atom stereocenters. The van der Waals surface area contributed by atoms with Crippen LogP contribution in [0.3, 0.4) is 0 Å². The van der Waals surface area contributed by atoms with Crippen molar-refractivity contribution in [3.8, 4) is 6.07 Å². The lowest BCUT2D eigenvalue weighted by molar-refractivity contribution is 0.297. The van der Waals surface area contributed by atoms with Crippen LogP contribution in [0.15, 0.2) is 53.4 Å². The van der Waals surface area contributed by atoms with E-state index in [2.05, 4.69) is 5.32 Å². The third-order valence-electron chi connectivity index (χ3n) is 3.59. The summed E-state index contributed by atoms with van der Waals surface area (Å²) >= 11 is 5.80. The standard InChI is InChI=1S/C15H10ClFN2O2S/c16-11-7-5-10(6-8-11)14-15(17,9-18)22(20,21)13-4-2-1-3-12(13)19-14/h1-8,14,19H. The molecular formula is C15H10ClFN2O2S. The van der Waals surface area contributed by atoms with Crippen LogP contribution in [-0.2, 0) is 9.84 Å². The van der Waals surface area contributed by atoms with E-state index in [0.29, 0.717) is 10.6 Å². The summed E-state index contributed by atoms with van der Waals surface area (Å²) in [5, 5.41) is 9.37. The SMILES string of the molecule is N#CC1(F)C(c2ccc(Cl)cc2)Nc2ccccc2S1(=O)=O. The Morgan fingerprint density at radius 1 is 1.18 bits per heavy atom. The first-order valence-electron chi connectivity index (χ1n) is 6.36. The number of hydrogen-bond acceptors (Lipinski definition) is 4. The highest BCUT2D eigenvalue weighted by Crippen LogP contribution is 2.46. The minimum absolute atomic E-state index is 0.218. The topological polar surface area (TPSA) is 70.0 Å². The maximum absolute atomic E-state index is 15.2. The van der Waals surface area contributed by atoms with Crippen molar-refractivity contribution in [1.29, 1.82) is 5.26 Å². The van der Waals surface area contributed by atoms with Crippen LogP contribution < -0.4 is 5.32 Å². The molecule has 0 saturated heterocycles. The Balaban J connectivity index is 2.24. The van der Waals surface area contributed by atoms with Crippen molar-refractivity contribution in [1.82, 2.24) is 0 Å². The number of nitrogens with zero attached hydrogens (tertiary/aromatic N) is 1. The number of anilines is 1. The van der Waals surface area contributed by atoms with Gasteiger partial charge in [-0.1, -0.05) is 35.9 Å². The molecule has 1 aliphatic heterocycles. The molecule has 0 saturated carbocycles. The van der Waals surface area contributed by atoms with Crippen LogP contribution in [0.2, 0.25) is 5.02 Å². The minimum atomic E-state index is -4.46. The van der Waals surface area contributed by atoms with Gasteiger partial charge in [0.05, 0.1) is 10.6 Å². The monoisotopic (exact) mass is 336 g/mol. The van der Waals surface area contributed by atoms with Gasteiger partial charge in [0.1, 0.15) is 12.1 Å². The average Bonchev–Trinajstić information content (AvgIpc) is 2.52. The largest absolute Gasteiger partial charge is 0.372 e. The predicted octanol–water partition coefficient (Wildman–Crippen LogP) is 3.47. The molecule has 0 aromatic heterocycles. The fourth-order valence-electron chi connectivity index (χ4n) is 2.46. The Morgan fingerprint density at radius 3 is 2.45 bits per heavy atom. The van der Waals surface area contributed by atoms with Crippen LogP contribution in [0.1, 0.15) is 11.6 Å². The summed E-state index contributed by atoms with van der Waals surface area (Å²) in [6.07, 6.45) is 0. The van der Waals surface area contributed by atoms with E-state index < -0.39 is 20.9 Å². The predicted molar refractivity (Wildman–Crippen MR) is 80.9 cm³/mol. The lowest BCUT2D eigenvalue weighted by Gasteiger charge is -2.35. The summed E-state index contributed by atoms with van der Waals surface area (Å²) in [6.45, 7) is 0. The number of nitriles is 1. The number of nitrogens with one attached hydrogen (secondary N) is 1. The first-order valence-corrected chi connectivity index (χ1v) is 8.22. The van der Waals surface area contributed by atoms with E-state index in [9.17, 15) is 13.7 Å². The Kier molecular flexibility index (Phi) is 3.35. The number of rotatable bonds is 1. The van der Waals surface area contributed by atoms with Crippen molar-refractivity contribution >= 4 is 27.1 Å². The normalized spacial score (nSPS) is 25.6. The van der Waals surface area contributed by atoms with E-state index in [0.717, 1.165) is 0 Å². The zero-order chi connectivity index (χ0) is 16.0. The lowest BCUT2D eigenvalue weighted by atomic mass is 10.0. The van der Waals surface area contributed by atoms with Crippen molar-refractivity contribution in [3.63, 3.8) is 0 Å². The van der Waals surface area contributed by atoms with Crippen LogP contribution in [0.5, 0.6) is 0 Å². The van der Waals surface area contributed by atoms with Gasteiger partial charge < -0.3 is 5.32 Å². The highest BCUT2D eigenvalue weighted by atomic mass is 35.5. The van der Waals surface area contributed by atoms with Gasteiger partial charge in [0.15, 0.2) is 0 Å². The third kappa shape index (κ3) is 1.97. The summed E-state index contributed by atoms with van der Waals surface area (Å²) in [5.41, 5.74) is 0.595. The number of sulfone groups is 1. The molecule has 0 aliphatic carbocycles. The van der Waals surface area contributed by atoms with Crippen molar-refractivity contribution < 1.29 is 12.8 Å². The molecule has 1 aliphatic rings. The smallest absolute Gasteiger partial charge is 0.322 e. The summed E-state index contributed by atoms with van der Waals surface area (Å²) in [5.74, 6) is 0. The first-order chi connectivity index (χ1) is 10.4. The summed E-state index contributed by atoms with van der Waals surface area (Å²) in [6, 6.07) is 11.9. The fourth-order valence-corrected chi connectivity index (χ4v) is 4.21. The van der Waals surface area contributed by atoms with Crippen LogP contribution in [-0.4, -0.2) is 13.4 Å². The van der Waals surface area contributed by atoms with Crippen LogP contribution in [0.25, 0.3) is 0 Å². The zero-order valence-corrected chi connectivity index (χ0v) is 12.7. The number of benzene rings is 2. The molecule has 0 radical (unpaired) electrons. The third-order valence-corrected chi connectivity index (χ3v) is 5.89. The van der Waals surface area contributed by atoms with E-state index in [1.165, 1.54) is 48.5 Å². The molecule has 0 fully saturated rings. The average molecular weight is 337 g/mol. The molecule has 0 spiro atoms. The number of hydrogen-bond donors (Lipinski definition) is 1. The highest BCUT2D eigenvalue weighted by Gasteiger charge is 2.57. The molecule has 0 bridgehead atoms. The van der Waals surface area contributed by atoms with E-state index in [1.807, 2.05) is 0 Å². The van der Waals surface area contributed by atoms with Gasteiger partial charge in [0.2, 0.25) is 9.84 Å². The minimum Gasteiger partial charge on any atom is -0.372 e. The van der Waals surface area contributed by atoms with Gasteiger partial charge in [-0.2, -0.15) is 5.26 Å². The molecule has 1 heterocycles. The summed E-state index contributed by atoms with van der Waals surface area (Å²) in [4.78, 5) is -0.218. The number of para-hydroxylation sites is 1. The molecule has 3 rings (SSSR count). The van der Waals surface area contributed by atoms with E-state index in [-0.39, 0.29) is 10.6 Å². The molecule has 112 valence electrons. The Labute approximate surface area is 132 Å². The van der Waals surface area contributed by atoms with Crippen molar-refractivity contribution in [2.75, 3.05) is 5.32 Å². The Bertz CT molecular complexity index is 877. The van der Waals surface area contributed by atoms with Gasteiger partial charge >= 0.3 is 5.00 Å². The molecular weight excluding hydrogens is 327 g/mol. The van der Waals surface area contributed by atoms with Crippen molar-refractivity contribution in [2.45, 2.75) is 15.9 Å². The molecule has 0 amide bonds. The summed E-state index contributed by atoms with van der Waals surface area (Å²) < 4.78 is 40.3. The van der Waals surface area contributed by atoms with Gasteiger partial charge in [-0.25, -0.2) is 12.8 Å². The second kappa shape index (κ2) is 4.97. The van der Waals surface area contributed by atoms with Gasteiger partial charge in [0, 0.05) is 5.02 Å². The van der Waals surface area contributed by atoms with E-state index in [1.54, 1.807) is 6.07 Å². The van der Waals surface area contributed by atoms with Gasteiger partial charge in [-0.15, -0.1) is 0 Å². The molecule has 4 nitrogen and oxygen atoms in total. The zero-order valence-electron chi connectivity index (χ0n) is 11.1. The van der Waals surface area contributed by atoms with Crippen molar-refractivity contribution in [3.05, 3.63) is 59.1 Å². The molecule has 2 aromatic carbocycles. The number of halogens is 2. The molecule has 1 N–H and O–H groups in total. The first kappa shape index (κ1) is 14.8.